The minimum Gasteiger partial charge on any atom is -0.444 e. The van der Waals surface area contributed by atoms with Crippen LogP contribution < -0.4 is 5.32 Å². The van der Waals surface area contributed by atoms with Crippen molar-refractivity contribution in [2.24, 2.45) is 0 Å². The molecule has 1 amide bonds. The highest BCUT2D eigenvalue weighted by Gasteiger charge is 2.22. The van der Waals surface area contributed by atoms with E-state index in [1.165, 1.54) is 89.9 Å². The van der Waals surface area contributed by atoms with Gasteiger partial charge in [-0.1, -0.05) is 110 Å². The number of hydrogen-bond donors (Lipinski definition) is 1. The maximum Gasteiger partial charge on any atom is 0.408 e. The molecule has 0 saturated carbocycles. The first kappa shape index (κ1) is 27.0. The van der Waals surface area contributed by atoms with E-state index in [4.69, 9.17) is 6.11 Å². The second-order valence-corrected chi connectivity index (χ2v) is 9.36. The van der Waals surface area contributed by atoms with E-state index < -0.39 is 24.1 Å². The van der Waals surface area contributed by atoms with E-state index in [9.17, 15) is 9.59 Å². The van der Waals surface area contributed by atoms with E-state index >= 15 is 0 Å². The quantitative estimate of drug-likeness (QED) is 0.149. The van der Waals surface area contributed by atoms with Gasteiger partial charge in [-0.2, -0.15) is 0 Å². The Bertz CT molecular complexity index is 442. The number of ether oxygens (including phenoxy) is 1. The maximum atomic E-state index is 11.8. The molecule has 1 unspecified atom stereocenters. The van der Waals surface area contributed by atoms with Gasteiger partial charge in [0, 0.05) is 1.37 Å². The number of aldehydes is 1. The molecule has 0 rings (SSSR count). The molecule has 0 fully saturated rings. The second kappa shape index (κ2) is 19.9. The lowest BCUT2D eigenvalue weighted by Crippen LogP contribution is -2.39. The van der Waals surface area contributed by atoms with Crippen molar-refractivity contribution in [1.82, 2.24) is 5.32 Å². The average Bonchev–Trinajstić information content (AvgIpc) is 2.72. The summed E-state index contributed by atoms with van der Waals surface area (Å²) in [5.74, 6) is 0. The van der Waals surface area contributed by atoms with E-state index in [1.54, 1.807) is 20.8 Å². The Hall–Kier alpha value is -1.06. The maximum absolute atomic E-state index is 11.8. The number of carbonyl (C=O) groups is 2. The van der Waals surface area contributed by atoms with Gasteiger partial charge in [0.15, 0.2) is 0 Å². The Morgan fingerprint density at radius 1 is 0.833 bits per heavy atom. The van der Waals surface area contributed by atoms with Crippen molar-refractivity contribution in [3.8, 4) is 0 Å². The van der Waals surface area contributed by atoms with Gasteiger partial charge in [-0.05, 0) is 33.6 Å². The lowest BCUT2D eigenvalue weighted by atomic mass is 9.99. The van der Waals surface area contributed by atoms with E-state index in [0.29, 0.717) is 6.29 Å². The molecule has 0 bridgehead atoms. The molecule has 0 aromatic heterocycles. The van der Waals surface area contributed by atoms with Gasteiger partial charge < -0.3 is 14.8 Å². The first-order valence-corrected chi connectivity index (χ1v) is 12.7. The van der Waals surface area contributed by atoms with Crippen molar-refractivity contribution in [3.05, 3.63) is 0 Å². The Kier molecular flexibility index (Phi) is 17.9. The summed E-state index contributed by atoms with van der Waals surface area (Å²) in [6.45, 7) is 7.40. The molecule has 2 atom stereocenters. The van der Waals surface area contributed by atoms with Gasteiger partial charge >= 0.3 is 6.09 Å². The molecule has 0 spiro atoms. The molecular weight excluding hydrogens is 374 g/mol. The zero-order valence-corrected chi connectivity index (χ0v) is 20.5. The van der Waals surface area contributed by atoms with Crippen molar-refractivity contribution in [1.29, 1.82) is 0 Å². The number of nitrogens with one attached hydrogen (secondary N) is 1. The lowest BCUT2D eigenvalue weighted by molar-refractivity contribution is -0.109. The summed E-state index contributed by atoms with van der Waals surface area (Å²) in [5, 5.41) is 2.45. The second-order valence-electron chi connectivity index (χ2n) is 9.36. The van der Waals surface area contributed by atoms with Crippen molar-refractivity contribution >= 4 is 12.4 Å². The smallest absolute Gasteiger partial charge is 0.408 e. The van der Waals surface area contributed by atoms with Crippen LogP contribution in [0.2, 0.25) is 0 Å². The molecule has 0 aromatic carbocycles. The molecular formula is C26H51NO3. The molecule has 4 nitrogen and oxygen atoms in total. The van der Waals surface area contributed by atoms with Gasteiger partial charge in [0.2, 0.25) is 0 Å². The molecule has 0 saturated heterocycles. The third kappa shape index (κ3) is 20.2. The number of alkyl carbamates (subject to hydrolysis) is 1. The highest BCUT2D eigenvalue weighted by atomic mass is 16.6. The van der Waals surface area contributed by atoms with Crippen molar-refractivity contribution in [3.63, 3.8) is 0 Å². The van der Waals surface area contributed by atoms with Crippen LogP contribution in [-0.2, 0) is 9.53 Å². The minimum absolute atomic E-state index is 0.462. The van der Waals surface area contributed by atoms with Crippen LogP contribution in [0.3, 0.4) is 0 Å². The van der Waals surface area contributed by atoms with Crippen LogP contribution in [0.5, 0.6) is 0 Å². The van der Waals surface area contributed by atoms with E-state index in [1.807, 2.05) is 0 Å². The summed E-state index contributed by atoms with van der Waals surface area (Å²) in [4.78, 5) is 22.4. The number of rotatable bonds is 21. The first-order chi connectivity index (χ1) is 14.8. The van der Waals surface area contributed by atoms with Gasteiger partial charge in [0.25, 0.3) is 0 Å². The predicted octanol–water partition coefficient (Wildman–Crippen LogP) is 8.12. The highest BCUT2D eigenvalue weighted by Crippen LogP contribution is 2.20. The Balaban J connectivity index is 3.53. The van der Waals surface area contributed by atoms with Gasteiger partial charge in [-0.25, -0.2) is 4.79 Å². The third-order valence-electron chi connectivity index (χ3n) is 5.60. The first-order valence-electron chi connectivity index (χ1n) is 13.3. The lowest BCUT2D eigenvalue weighted by Gasteiger charge is -2.25. The van der Waals surface area contributed by atoms with Crippen LogP contribution in [0.25, 0.3) is 0 Å². The average molecular weight is 427 g/mol. The van der Waals surface area contributed by atoms with Crippen LogP contribution in [-0.4, -0.2) is 24.0 Å². The SMILES string of the molecule is [2H]C(CCCCCCCCCCCCCCCCCC)C(C)(C)OC(=O)N[C@@H](C)C=O. The molecule has 0 aromatic rings. The Morgan fingerprint density at radius 3 is 1.57 bits per heavy atom. The summed E-state index contributed by atoms with van der Waals surface area (Å²) in [6, 6.07) is -0.576. The van der Waals surface area contributed by atoms with Crippen molar-refractivity contribution in [2.45, 2.75) is 155 Å². The fourth-order valence-corrected chi connectivity index (χ4v) is 3.67. The molecule has 0 aliphatic carbocycles. The fourth-order valence-electron chi connectivity index (χ4n) is 3.67. The molecule has 1 N–H and O–H groups in total. The Labute approximate surface area is 188 Å². The summed E-state index contributed by atoms with van der Waals surface area (Å²) < 4.78 is 13.7. The molecule has 4 heteroatoms. The Morgan fingerprint density at radius 2 is 1.20 bits per heavy atom. The zero-order chi connectivity index (χ0) is 23.4. The minimum atomic E-state index is -0.859. The summed E-state index contributed by atoms with van der Waals surface area (Å²) in [6.07, 6.45) is 21.6. The van der Waals surface area contributed by atoms with Crippen LogP contribution in [0, 0.1) is 0 Å². The van der Waals surface area contributed by atoms with Crippen LogP contribution >= 0.6 is 0 Å². The number of carbonyl (C=O) groups excluding carboxylic acids is 2. The largest absolute Gasteiger partial charge is 0.444 e. The van der Waals surface area contributed by atoms with E-state index in [0.717, 1.165) is 19.3 Å². The summed E-state index contributed by atoms with van der Waals surface area (Å²) in [5.41, 5.74) is -0.859. The highest BCUT2D eigenvalue weighted by molar-refractivity contribution is 5.73. The topological polar surface area (TPSA) is 55.4 Å². The zero-order valence-electron chi connectivity index (χ0n) is 21.5. The van der Waals surface area contributed by atoms with Gasteiger partial charge in [-0.15, -0.1) is 0 Å². The van der Waals surface area contributed by atoms with Gasteiger partial charge in [-0.3, -0.25) is 0 Å². The third-order valence-corrected chi connectivity index (χ3v) is 5.60. The molecule has 0 aliphatic heterocycles. The normalized spacial score (nSPS) is 14.1. The van der Waals surface area contributed by atoms with Crippen molar-refractivity contribution in [2.75, 3.05) is 0 Å². The van der Waals surface area contributed by atoms with E-state index in [-0.39, 0.29) is 0 Å². The van der Waals surface area contributed by atoms with E-state index in [2.05, 4.69) is 12.2 Å². The number of hydrogen-bond acceptors (Lipinski definition) is 3. The number of unbranched alkanes of at least 4 members (excludes halogenated alkanes) is 15. The monoisotopic (exact) mass is 426 g/mol. The fraction of sp³-hybridized carbons (Fsp3) is 0.923. The standard InChI is InChI=1S/C26H51NO3/c1-5-6-7-8-9-10-11-12-13-14-15-16-17-18-19-20-21-22-26(3,4)30-25(29)27-24(2)23-28/h23-24H,5-22H2,1-4H3,(H,27,29)/t24-/m0/s1/i22D/t22?,24-. The number of amides is 1. The summed E-state index contributed by atoms with van der Waals surface area (Å²) >= 11 is 0. The molecule has 30 heavy (non-hydrogen) atoms. The van der Waals surface area contributed by atoms with Crippen LogP contribution in [0.1, 0.15) is 145 Å². The van der Waals surface area contributed by atoms with Gasteiger partial charge in [0.1, 0.15) is 11.9 Å². The molecule has 0 radical (unpaired) electrons. The van der Waals surface area contributed by atoms with Crippen LogP contribution in [0.4, 0.5) is 4.79 Å². The molecule has 178 valence electrons. The summed E-state index contributed by atoms with van der Waals surface area (Å²) in [7, 11) is 0. The predicted molar refractivity (Wildman–Crippen MR) is 128 cm³/mol. The van der Waals surface area contributed by atoms with Crippen molar-refractivity contribution < 1.29 is 15.7 Å². The van der Waals surface area contributed by atoms with Gasteiger partial charge in [0.05, 0.1) is 6.04 Å². The molecule has 0 heterocycles. The molecule has 0 aliphatic rings. The van der Waals surface area contributed by atoms with Crippen LogP contribution in [0.15, 0.2) is 0 Å².